The van der Waals surface area contributed by atoms with Crippen LogP contribution in [-0.2, 0) is 11.2 Å². The number of hydrogen-bond acceptors (Lipinski definition) is 2. The number of anilines is 1. The van der Waals surface area contributed by atoms with Crippen LogP contribution in [0.2, 0.25) is 0 Å². The molecule has 2 aromatic rings. The first-order valence-electron chi connectivity index (χ1n) is 10.3. The number of benzene rings is 2. The van der Waals surface area contributed by atoms with Gasteiger partial charge in [-0.15, -0.1) is 0 Å². The van der Waals surface area contributed by atoms with Gasteiger partial charge < -0.3 is 5.32 Å². The van der Waals surface area contributed by atoms with E-state index >= 15 is 0 Å². The van der Waals surface area contributed by atoms with Gasteiger partial charge in [-0.25, -0.2) is 0 Å². The van der Waals surface area contributed by atoms with Crippen LogP contribution in [0, 0.1) is 0 Å². The van der Waals surface area contributed by atoms with Crippen LogP contribution in [0.1, 0.15) is 73.9 Å². The Labute approximate surface area is 168 Å². The standard InChI is InChI=1S/C25H31NO2/c1-3-5-6-7-8-9-25(28)26-23-17-15-22(16-18-23)24(27)19-14-21-12-10-20(4-2)11-13-21/h10-19H,3-9H2,1-2H3,(H,26,28)/b19-14+. The highest BCUT2D eigenvalue weighted by molar-refractivity contribution is 6.07. The van der Waals surface area contributed by atoms with Gasteiger partial charge in [-0.05, 0) is 54.3 Å². The molecule has 1 amide bonds. The summed E-state index contributed by atoms with van der Waals surface area (Å²) >= 11 is 0. The van der Waals surface area contributed by atoms with Crippen molar-refractivity contribution < 1.29 is 9.59 Å². The SMILES string of the molecule is CCCCCCCC(=O)Nc1ccc(C(=O)/C=C/c2ccc(CC)cc2)cc1. The summed E-state index contributed by atoms with van der Waals surface area (Å²) in [5.74, 6) is -0.0145. The molecular weight excluding hydrogens is 346 g/mol. The summed E-state index contributed by atoms with van der Waals surface area (Å²) in [7, 11) is 0. The third-order valence-electron chi connectivity index (χ3n) is 4.78. The van der Waals surface area contributed by atoms with Crippen molar-refractivity contribution in [3.8, 4) is 0 Å². The van der Waals surface area contributed by atoms with Crippen molar-refractivity contribution in [3.63, 3.8) is 0 Å². The molecule has 0 atom stereocenters. The lowest BCUT2D eigenvalue weighted by Gasteiger charge is -2.06. The molecule has 3 heteroatoms. The number of ketones is 1. The first-order chi connectivity index (χ1) is 13.6. The van der Waals surface area contributed by atoms with E-state index in [-0.39, 0.29) is 11.7 Å². The molecule has 0 aromatic heterocycles. The second-order valence-electron chi connectivity index (χ2n) is 7.08. The summed E-state index contributed by atoms with van der Waals surface area (Å²) in [5.41, 5.74) is 3.63. The van der Waals surface area contributed by atoms with Gasteiger partial charge in [0, 0.05) is 17.7 Å². The predicted octanol–water partition coefficient (Wildman–Crippen LogP) is 6.44. The van der Waals surface area contributed by atoms with E-state index in [2.05, 4.69) is 31.3 Å². The van der Waals surface area contributed by atoms with E-state index in [0.29, 0.717) is 12.0 Å². The maximum atomic E-state index is 12.3. The number of nitrogens with one attached hydrogen (secondary N) is 1. The van der Waals surface area contributed by atoms with Gasteiger partial charge in [0.1, 0.15) is 0 Å². The molecule has 28 heavy (non-hydrogen) atoms. The van der Waals surface area contributed by atoms with Gasteiger partial charge in [0.2, 0.25) is 5.91 Å². The highest BCUT2D eigenvalue weighted by Gasteiger charge is 2.05. The van der Waals surface area contributed by atoms with E-state index in [9.17, 15) is 9.59 Å². The van der Waals surface area contributed by atoms with E-state index in [1.54, 1.807) is 30.3 Å². The largest absolute Gasteiger partial charge is 0.326 e. The summed E-state index contributed by atoms with van der Waals surface area (Å²) in [6.45, 7) is 4.30. The Balaban J connectivity index is 1.82. The Kier molecular flexibility index (Phi) is 9.20. The summed E-state index contributed by atoms with van der Waals surface area (Å²) in [5, 5.41) is 2.90. The third kappa shape index (κ3) is 7.51. The molecule has 0 saturated carbocycles. The van der Waals surface area contributed by atoms with Crippen molar-refractivity contribution in [2.45, 2.75) is 58.8 Å². The van der Waals surface area contributed by atoms with E-state index in [1.165, 1.54) is 24.8 Å². The smallest absolute Gasteiger partial charge is 0.224 e. The topological polar surface area (TPSA) is 46.2 Å². The molecule has 2 aromatic carbocycles. The minimum Gasteiger partial charge on any atom is -0.326 e. The quantitative estimate of drug-likeness (QED) is 0.278. The maximum absolute atomic E-state index is 12.3. The first kappa shape index (κ1) is 21.6. The normalized spacial score (nSPS) is 10.9. The molecule has 0 bridgehead atoms. The van der Waals surface area contributed by atoms with Crippen LogP contribution in [0.4, 0.5) is 5.69 Å². The Hall–Kier alpha value is -2.68. The molecule has 0 aliphatic heterocycles. The molecule has 1 N–H and O–H groups in total. The van der Waals surface area contributed by atoms with Gasteiger partial charge in [0.15, 0.2) is 5.78 Å². The molecule has 0 heterocycles. The van der Waals surface area contributed by atoms with Crippen LogP contribution in [0.15, 0.2) is 54.6 Å². The van der Waals surface area contributed by atoms with Crippen LogP contribution < -0.4 is 5.32 Å². The van der Waals surface area contributed by atoms with Crippen molar-refractivity contribution in [1.29, 1.82) is 0 Å². The third-order valence-corrected chi connectivity index (χ3v) is 4.78. The van der Waals surface area contributed by atoms with Gasteiger partial charge in [-0.2, -0.15) is 0 Å². The zero-order chi connectivity index (χ0) is 20.2. The fourth-order valence-corrected chi connectivity index (χ4v) is 2.96. The number of amides is 1. The zero-order valence-electron chi connectivity index (χ0n) is 17.0. The van der Waals surface area contributed by atoms with Gasteiger partial charge in [-0.1, -0.05) is 69.9 Å². The molecule has 0 spiro atoms. The van der Waals surface area contributed by atoms with Gasteiger partial charge in [0.05, 0.1) is 0 Å². The second-order valence-corrected chi connectivity index (χ2v) is 7.08. The van der Waals surface area contributed by atoms with Crippen LogP contribution in [0.5, 0.6) is 0 Å². The highest BCUT2D eigenvalue weighted by Crippen LogP contribution is 2.13. The fraction of sp³-hybridized carbons (Fsp3) is 0.360. The van der Waals surface area contributed by atoms with Crippen LogP contribution in [0.25, 0.3) is 6.08 Å². The van der Waals surface area contributed by atoms with Crippen molar-refractivity contribution >= 4 is 23.5 Å². The highest BCUT2D eigenvalue weighted by atomic mass is 16.1. The summed E-state index contributed by atoms with van der Waals surface area (Å²) in [6.07, 6.45) is 10.6. The maximum Gasteiger partial charge on any atom is 0.224 e. The minimum atomic E-state index is -0.0478. The first-order valence-corrected chi connectivity index (χ1v) is 10.3. The molecule has 0 fully saturated rings. The Morgan fingerprint density at radius 3 is 2.18 bits per heavy atom. The number of unbranched alkanes of at least 4 members (excludes halogenated alkanes) is 4. The van der Waals surface area contributed by atoms with Crippen molar-refractivity contribution in [2.24, 2.45) is 0 Å². The predicted molar refractivity (Wildman–Crippen MR) is 118 cm³/mol. The lowest BCUT2D eigenvalue weighted by Crippen LogP contribution is -2.11. The van der Waals surface area contributed by atoms with Gasteiger partial charge >= 0.3 is 0 Å². The summed E-state index contributed by atoms with van der Waals surface area (Å²) in [4.78, 5) is 24.3. The van der Waals surface area contributed by atoms with Crippen LogP contribution in [-0.4, -0.2) is 11.7 Å². The van der Waals surface area contributed by atoms with Crippen LogP contribution >= 0.6 is 0 Å². The lowest BCUT2D eigenvalue weighted by atomic mass is 10.1. The molecule has 148 valence electrons. The molecule has 0 aliphatic rings. The van der Waals surface area contributed by atoms with Gasteiger partial charge in [0.25, 0.3) is 0 Å². The minimum absolute atomic E-state index is 0.0333. The van der Waals surface area contributed by atoms with Crippen molar-refractivity contribution in [2.75, 3.05) is 5.32 Å². The molecule has 0 saturated heterocycles. The van der Waals surface area contributed by atoms with Crippen LogP contribution in [0.3, 0.4) is 0 Å². The van der Waals surface area contributed by atoms with E-state index in [4.69, 9.17) is 0 Å². The Bertz CT molecular complexity index is 773. The molecule has 0 aliphatic carbocycles. The molecule has 0 unspecified atom stereocenters. The second kappa shape index (κ2) is 11.9. The average Bonchev–Trinajstić information content (AvgIpc) is 2.72. The molecule has 3 nitrogen and oxygen atoms in total. The number of aryl methyl sites for hydroxylation is 1. The van der Waals surface area contributed by atoms with Crippen molar-refractivity contribution in [3.05, 3.63) is 71.3 Å². The van der Waals surface area contributed by atoms with E-state index in [1.807, 2.05) is 18.2 Å². The fourth-order valence-electron chi connectivity index (χ4n) is 2.96. The van der Waals surface area contributed by atoms with Crippen molar-refractivity contribution in [1.82, 2.24) is 0 Å². The number of allylic oxidation sites excluding steroid dienone is 1. The summed E-state index contributed by atoms with van der Waals surface area (Å²) < 4.78 is 0. The van der Waals surface area contributed by atoms with Gasteiger partial charge in [-0.3, -0.25) is 9.59 Å². The van der Waals surface area contributed by atoms with E-state index in [0.717, 1.165) is 30.5 Å². The Morgan fingerprint density at radius 2 is 1.54 bits per heavy atom. The number of rotatable bonds is 11. The lowest BCUT2D eigenvalue weighted by molar-refractivity contribution is -0.116. The summed E-state index contributed by atoms with van der Waals surface area (Å²) in [6, 6.07) is 15.3. The number of carbonyl (C=O) groups is 2. The molecule has 0 radical (unpaired) electrons. The monoisotopic (exact) mass is 377 g/mol. The Morgan fingerprint density at radius 1 is 0.857 bits per heavy atom. The number of hydrogen-bond donors (Lipinski definition) is 1. The average molecular weight is 378 g/mol. The van der Waals surface area contributed by atoms with E-state index < -0.39 is 0 Å². The molecular formula is C25H31NO2. The molecule has 2 rings (SSSR count). The zero-order valence-corrected chi connectivity index (χ0v) is 17.0. The number of carbonyl (C=O) groups excluding carboxylic acids is 2.